The number of nitrogens with one attached hydrogen (secondary N) is 2. The summed E-state index contributed by atoms with van der Waals surface area (Å²) in [4.78, 5) is 12.4. The number of hydrogen-bond acceptors (Lipinski definition) is 3. The number of piperidine rings is 1. The summed E-state index contributed by atoms with van der Waals surface area (Å²) in [6.45, 7) is 2.11. The minimum Gasteiger partial charge on any atom is -0.393 e. The first-order chi connectivity index (χ1) is 9.74. The van der Waals surface area contributed by atoms with Gasteiger partial charge in [-0.2, -0.15) is 0 Å². The summed E-state index contributed by atoms with van der Waals surface area (Å²) in [7, 11) is 0. The van der Waals surface area contributed by atoms with Gasteiger partial charge in [0.15, 0.2) is 0 Å². The van der Waals surface area contributed by atoms with Crippen LogP contribution in [0.1, 0.15) is 38.5 Å². The summed E-state index contributed by atoms with van der Waals surface area (Å²) in [6, 6.07) is 0.272. The first-order valence-electron chi connectivity index (χ1n) is 8.08. The average Bonchev–Trinajstić information content (AvgIpc) is 2.97. The van der Waals surface area contributed by atoms with E-state index in [1.54, 1.807) is 0 Å². The zero-order chi connectivity index (χ0) is 13.9. The second kappa shape index (κ2) is 7.61. The summed E-state index contributed by atoms with van der Waals surface area (Å²) in [6.07, 6.45) is 9.84. The van der Waals surface area contributed by atoms with Crippen molar-refractivity contribution in [2.45, 2.75) is 50.7 Å². The lowest BCUT2D eigenvalue weighted by Gasteiger charge is -2.43. The zero-order valence-corrected chi connectivity index (χ0v) is 13.3. The zero-order valence-electron chi connectivity index (χ0n) is 12.5. The molecule has 2 fully saturated rings. The molecule has 0 aromatic heterocycles. The maximum Gasteiger partial charge on any atom is 0.223 e. The second-order valence-corrected chi connectivity index (χ2v) is 6.65. The van der Waals surface area contributed by atoms with Crippen LogP contribution in [0.2, 0.25) is 0 Å². The summed E-state index contributed by atoms with van der Waals surface area (Å²) in [5.74, 6) is 1.42. The molecule has 0 bridgehead atoms. The molecule has 0 radical (unpaired) electrons. The summed E-state index contributed by atoms with van der Waals surface area (Å²) in [5, 5.41) is 16.3. The number of carbonyl (C=O) groups excluding carboxylic acids is 1. The van der Waals surface area contributed by atoms with E-state index in [1.807, 2.05) is 0 Å². The Morgan fingerprint density at radius 1 is 1.14 bits per heavy atom. The highest BCUT2D eigenvalue weighted by molar-refractivity contribution is 5.85. The lowest BCUT2D eigenvalue weighted by molar-refractivity contribution is -0.127. The standard InChI is InChI=1S/C16H26N2O2.ClH/c19-14-9-13(10-14)15(11-5-7-17-8-6-11)18-16(20)12-3-1-2-4-12;/h1-2,11-15,17,19H,3-10H2,(H,18,20);1H. The highest BCUT2D eigenvalue weighted by atomic mass is 35.5. The number of aliphatic hydroxyl groups is 1. The molecule has 1 heterocycles. The number of aliphatic hydroxyl groups excluding tert-OH is 1. The Hall–Kier alpha value is -0.580. The SMILES string of the molecule is Cl.O=C(NC(C1CCNCC1)C1CC(O)C1)C1CC=CC1. The Bertz CT molecular complexity index is 368. The number of hydrogen-bond donors (Lipinski definition) is 3. The third-order valence-corrected chi connectivity index (χ3v) is 5.24. The highest BCUT2D eigenvalue weighted by Crippen LogP contribution is 2.36. The molecule has 3 rings (SSSR count). The molecule has 1 saturated carbocycles. The summed E-state index contributed by atoms with van der Waals surface area (Å²) in [5.41, 5.74) is 0. The molecular weight excluding hydrogens is 288 g/mol. The van der Waals surface area contributed by atoms with Gasteiger partial charge in [-0.1, -0.05) is 12.2 Å². The minimum absolute atomic E-state index is 0. The molecule has 1 saturated heterocycles. The molecule has 4 nitrogen and oxygen atoms in total. The highest BCUT2D eigenvalue weighted by Gasteiger charge is 2.39. The average molecular weight is 315 g/mol. The molecule has 21 heavy (non-hydrogen) atoms. The molecule has 3 aliphatic rings. The van der Waals surface area contributed by atoms with Gasteiger partial charge in [0.25, 0.3) is 0 Å². The van der Waals surface area contributed by atoms with E-state index >= 15 is 0 Å². The lowest BCUT2D eigenvalue weighted by atomic mass is 9.71. The first kappa shape index (κ1) is 16.8. The van der Waals surface area contributed by atoms with E-state index < -0.39 is 0 Å². The first-order valence-corrected chi connectivity index (χ1v) is 8.08. The molecule has 5 heteroatoms. The molecule has 0 spiro atoms. The van der Waals surface area contributed by atoms with Crippen molar-refractivity contribution in [2.75, 3.05) is 13.1 Å². The van der Waals surface area contributed by atoms with Crippen molar-refractivity contribution >= 4 is 18.3 Å². The van der Waals surface area contributed by atoms with Gasteiger partial charge in [-0.3, -0.25) is 4.79 Å². The van der Waals surface area contributed by atoms with Gasteiger partial charge in [-0.05, 0) is 63.5 Å². The van der Waals surface area contributed by atoms with E-state index in [2.05, 4.69) is 22.8 Å². The van der Waals surface area contributed by atoms with Crippen molar-refractivity contribution in [1.29, 1.82) is 0 Å². The molecular formula is C16H27ClN2O2. The minimum atomic E-state index is -0.144. The van der Waals surface area contributed by atoms with Gasteiger partial charge >= 0.3 is 0 Å². The Kier molecular flexibility index (Phi) is 6.08. The fourth-order valence-corrected chi connectivity index (χ4v) is 3.86. The monoisotopic (exact) mass is 314 g/mol. The van der Waals surface area contributed by atoms with Crippen LogP contribution in [0, 0.1) is 17.8 Å². The van der Waals surface area contributed by atoms with Gasteiger partial charge < -0.3 is 15.7 Å². The van der Waals surface area contributed by atoms with Gasteiger partial charge in [0.05, 0.1) is 6.10 Å². The van der Waals surface area contributed by atoms with E-state index in [9.17, 15) is 9.90 Å². The molecule has 1 aliphatic heterocycles. The van der Waals surface area contributed by atoms with Crippen LogP contribution < -0.4 is 10.6 Å². The number of allylic oxidation sites excluding steroid dienone is 2. The fourth-order valence-electron chi connectivity index (χ4n) is 3.86. The topological polar surface area (TPSA) is 61.4 Å². The van der Waals surface area contributed by atoms with Crippen LogP contribution >= 0.6 is 12.4 Å². The largest absolute Gasteiger partial charge is 0.393 e. The summed E-state index contributed by atoms with van der Waals surface area (Å²) >= 11 is 0. The molecule has 3 N–H and O–H groups in total. The Morgan fingerprint density at radius 3 is 2.33 bits per heavy atom. The van der Waals surface area contributed by atoms with Crippen molar-refractivity contribution in [3.8, 4) is 0 Å². The third-order valence-electron chi connectivity index (χ3n) is 5.24. The Labute approximate surface area is 133 Å². The van der Waals surface area contributed by atoms with Crippen LogP contribution in [0.4, 0.5) is 0 Å². The third kappa shape index (κ3) is 3.99. The number of carbonyl (C=O) groups is 1. The molecule has 0 aromatic carbocycles. The van der Waals surface area contributed by atoms with Crippen LogP contribution in [0.3, 0.4) is 0 Å². The normalized spacial score (nSPS) is 31.3. The van der Waals surface area contributed by atoms with Gasteiger partial charge in [0.2, 0.25) is 5.91 Å². The van der Waals surface area contributed by atoms with E-state index in [4.69, 9.17) is 0 Å². The van der Waals surface area contributed by atoms with Gasteiger partial charge in [0, 0.05) is 12.0 Å². The van der Waals surface area contributed by atoms with E-state index in [1.165, 1.54) is 0 Å². The second-order valence-electron chi connectivity index (χ2n) is 6.65. The van der Waals surface area contributed by atoms with E-state index in [-0.39, 0.29) is 36.4 Å². The predicted molar refractivity (Wildman–Crippen MR) is 85.4 cm³/mol. The summed E-state index contributed by atoms with van der Waals surface area (Å²) < 4.78 is 0. The number of amides is 1. The number of rotatable bonds is 4. The lowest BCUT2D eigenvalue weighted by Crippen LogP contribution is -2.53. The fraction of sp³-hybridized carbons (Fsp3) is 0.812. The van der Waals surface area contributed by atoms with Gasteiger partial charge in [-0.15, -0.1) is 12.4 Å². The molecule has 2 aliphatic carbocycles. The maximum atomic E-state index is 12.4. The molecule has 1 amide bonds. The van der Waals surface area contributed by atoms with Crippen molar-refractivity contribution in [1.82, 2.24) is 10.6 Å². The predicted octanol–water partition coefficient (Wildman–Crippen LogP) is 1.63. The quantitative estimate of drug-likeness (QED) is 0.691. The van der Waals surface area contributed by atoms with Crippen LogP contribution in [0.25, 0.3) is 0 Å². The molecule has 1 unspecified atom stereocenters. The van der Waals surface area contributed by atoms with Crippen molar-refractivity contribution in [2.24, 2.45) is 17.8 Å². The Balaban J connectivity index is 0.00000161. The van der Waals surface area contributed by atoms with Crippen LogP contribution in [0.15, 0.2) is 12.2 Å². The van der Waals surface area contributed by atoms with Crippen LogP contribution in [-0.4, -0.2) is 36.2 Å². The van der Waals surface area contributed by atoms with E-state index in [0.29, 0.717) is 11.8 Å². The van der Waals surface area contributed by atoms with Gasteiger partial charge in [-0.25, -0.2) is 0 Å². The molecule has 1 atom stereocenters. The van der Waals surface area contributed by atoms with Crippen molar-refractivity contribution in [3.05, 3.63) is 12.2 Å². The smallest absolute Gasteiger partial charge is 0.223 e. The Morgan fingerprint density at radius 2 is 1.76 bits per heavy atom. The van der Waals surface area contributed by atoms with Crippen LogP contribution in [0.5, 0.6) is 0 Å². The van der Waals surface area contributed by atoms with E-state index in [0.717, 1.165) is 51.6 Å². The number of halogens is 1. The molecule has 120 valence electrons. The molecule has 0 aromatic rings. The van der Waals surface area contributed by atoms with Crippen molar-refractivity contribution < 1.29 is 9.90 Å². The van der Waals surface area contributed by atoms with Crippen molar-refractivity contribution in [3.63, 3.8) is 0 Å². The van der Waals surface area contributed by atoms with Gasteiger partial charge in [0.1, 0.15) is 0 Å². The van der Waals surface area contributed by atoms with Crippen LogP contribution in [-0.2, 0) is 4.79 Å². The maximum absolute atomic E-state index is 12.4.